The molecule has 0 amide bonds. The Labute approximate surface area is 96.1 Å². The second kappa shape index (κ2) is 6.48. The van der Waals surface area contributed by atoms with Gasteiger partial charge < -0.3 is 9.84 Å². The van der Waals surface area contributed by atoms with Gasteiger partial charge in [0.15, 0.2) is 11.6 Å². The maximum absolute atomic E-state index is 13.4. The molecule has 0 fully saturated rings. The largest absolute Gasteiger partial charge is 0.494 e. The van der Waals surface area contributed by atoms with Gasteiger partial charge in [-0.05, 0) is 36.5 Å². The van der Waals surface area contributed by atoms with Crippen LogP contribution in [-0.4, -0.2) is 18.8 Å². The highest BCUT2D eigenvalue weighted by molar-refractivity contribution is 5.29. The lowest BCUT2D eigenvalue weighted by atomic mass is 9.96. The summed E-state index contributed by atoms with van der Waals surface area (Å²) in [6.45, 7) is 2.23. The molecule has 0 aromatic heterocycles. The Morgan fingerprint density at radius 1 is 1.44 bits per heavy atom. The van der Waals surface area contributed by atoms with Crippen LogP contribution in [0, 0.1) is 11.7 Å². The zero-order chi connectivity index (χ0) is 12.0. The van der Waals surface area contributed by atoms with Crippen molar-refractivity contribution in [2.45, 2.75) is 26.2 Å². The van der Waals surface area contributed by atoms with Gasteiger partial charge in [-0.2, -0.15) is 0 Å². The normalized spacial score (nSPS) is 12.5. The molecule has 0 bridgehead atoms. The summed E-state index contributed by atoms with van der Waals surface area (Å²) < 4.78 is 18.3. The standard InChI is InChI=1S/C13H19FO2/c1-3-4-11(9-15)7-10-5-6-13(16-2)12(14)8-10/h5-6,8,11,15H,3-4,7,9H2,1-2H3. The molecular formula is C13H19FO2. The zero-order valence-electron chi connectivity index (χ0n) is 9.87. The SMILES string of the molecule is CCCC(CO)Cc1ccc(OC)c(F)c1. The minimum absolute atomic E-state index is 0.154. The summed E-state index contributed by atoms with van der Waals surface area (Å²) in [7, 11) is 1.45. The van der Waals surface area contributed by atoms with Crippen LogP contribution in [0.15, 0.2) is 18.2 Å². The molecule has 0 heterocycles. The zero-order valence-corrected chi connectivity index (χ0v) is 9.87. The third-order valence-corrected chi connectivity index (χ3v) is 2.70. The van der Waals surface area contributed by atoms with Gasteiger partial charge in [-0.1, -0.05) is 19.4 Å². The Morgan fingerprint density at radius 3 is 2.69 bits per heavy atom. The molecule has 1 aromatic carbocycles. The fraction of sp³-hybridized carbons (Fsp3) is 0.538. The van der Waals surface area contributed by atoms with E-state index in [2.05, 4.69) is 6.92 Å². The molecule has 0 spiro atoms. The predicted octanol–water partition coefficient (Wildman–Crippen LogP) is 2.79. The number of ether oxygens (including phenoxy) is 1. The highest BCUT2D eigenvalue weighted by atomic mass is 19.1. The number of methoxy groups -OCH3 is 1. The van der Waals surface area contributed by atoms with Crippen LogP contribution in [0.25, 0.3) is 0 Å². The van der Waals surface area contributed by atoms with E-state index in [0.717, 1.165) is 18.4 Å². The summed E-state index contributed by atoms with van der Waals surface area (Å²) >= 11 is 0. The van der Waals surface area contributed by atoms with Crippen molar-refractivity contribution in [3.8, 4) is 5.75 Å². The molecule has 0 aliphatic rings. The lowest BCUT2D eigenvalue weighted by Gasteiger charge is -2.13. The average molecular weight is 226 g/mol. The van der Waals surface area contributed by atoms with Crippen LogP contribution in [0.1, 0.15) is 25.3 Å². The molecule has 1 N–H and O–H groups in total. The summed E-state index contributed by atoms with van der Waals surface area (Å²) in [5.41, 5.74) is 0.908. The molecule has 1 aromatic rings. The van der Waals surface area contributed by atoms with Gasteiger partial charge in [0.2, 0.25) is 0 Å². The molecule has 0 saturated carbocycles. The van der Waals surface area contributed by atoms with Gasteiger partial charge >= 0.3 is 0 Å². The Balaban J connectivity index is 2.69. The van der Waals surface area contributed by atoms with Crippen molar-refractivity contribution in [3.63, 3.8) is 0 Å². The molecule has 0 radical (unpaired) electrons. The van der Waals surface area contributed by atoms with Crippen molar-refractivity contribution in [2.75, 3.05) is 13.7 Å². The molecule has 0 aliphatic carbocycles. The number of hydrogen-bond acceptors (Lipinski definition) is 2. The van der Waals surface area contributed by atoms with E-state index < -0.39 is 0 Å². The molecule has 1 rings (SSSR count). The van der Waals surface area contributed by atoms with Crippen LogP contribution in [0.4, 0.5) is 4.39 Å². The monoisotopic (exact) mass is 226 g/mol. The van der Waals surface area contributed by atoms with Gasteiger partial charge in [-0.25, -0.2) is 4.39 Å². The van der Waals surface area contributed by atoms with Gasteiger partial charge in [-0.3, -0.25) is 0 Å². The third-order valence-electron chi connectivity index (χ3n) is 2.70. The number of benzene rings is 1. The number of hydrogen-bond donors (Lipinski definition) is 1. The van der Waals surface area contributed by atoms with Gasteiger partial charge in [0.1, 0.15) is 0 Å². The first-order valence-electron chi connectivity index (χ1n) is 5.64. The Morgan fingerprint density at radius 2 is 2.19 bits per heavy atom. The van der Waals surface area contributed by atoms with Gasteiger partial charge in [-0.15, -0.1) is 0 Å². The second-order valence-electron chi connectivity index (χ2n) is 4.01. The van der Waals surface area contributed by atoms with Crippen LogP contribution in [0.3, 0.4) is 0 Å². The van der Waals surface area contributed by atoms with Crippen LogP contribution >= 0.6 is 0 Å². The summed E-state index contributed by atoms with van der Waals surface area (Å²) in [4.78, 5) is 0. The summed E-state index contributed by atoms with van der Waals surface area (Å²) in [6, 6.07) is 4.96. The molecule has 90 valence electrons. The maximum atomic E-state index is 13.4. The molecule has 1 atom stereocenters. The third kappa shape index (κ3) is 3.49. The predicted molar refractivity (Wildman–Crippen MR) is 62.1 cm³/mol. The lowest BCUT2D eigenvalue weighted by Crippen LogP contribution is -2.09. The van der Waals surface area contributed by atoms with E-state index in [1.54, 1.807) is 6.07 Å². The van der Waals surface area contributed by atoms with Crippen LogP contribution in [0.5, 0.6) is 5.75 Å². The Hall–Kier alpha value is -1.09. The van der Waals surface area contributed by atoms with E-state index in [4.69, 9.17) is 4.74 Å². The van der Waals surface area contributed by atoms with Crippen molar-refractivity contribution in [3.05, 3.63) is 29.6 Å². The highest BCUT2D eigenvalue weighted by Crippen LogP contribution is 2.20. The van der Waals surface area contributed by atoms with Crippen molar-refractivity contribution in [1.82, 2.24) is 0 Å². The summed E-state index contributed by atoms with van der Waals surface area (Å²) in [5.74, 6) is 0.144. The van der Waals surface area contributed by atoms with E-state index in [9.17, 15) is 9.50 Å². The fourth-order valence-electron chi connectivity index (χ4n) is 1.84. The van der Waals surface area contributed by atoms with Crippen LogP contribution in [-0.2, 0) is 6.42 Å². The second-order valence-corrected chi connectivity index (χ2v) is 4.01. The molecule has 0 saturated heterocycles. The molecule has 16 heavy (non-hydrogen) atoms. The maximum Gasteiger partial charge on any atom is 0.165 e. The average Bonchev–Trinajstić information content (AvgIpc) is 2.28. The first-order valence-corrected chi connectivity index (χ1v) is 5.64. The van der Waals surface area contributed by atoms with Gasteiger partial charge in [0.05, 0.1) is 7.11 Å². The number of halogens is 1. The van der Waals surface area contributed by atoms with Crippen molar-refractivity contribution >= 4 is 0 Å². The van der Waals surface area contributed by atoms with E-state index in [1.807, 2.05) is 6.07 Å². The first kappa shape index (κ1) is 13.0. The van der Waals surface area contributed by atoms with Gasteiger partial charge in [0, 0.05) is 6.61 Å². The molecule has 3 heteroatoms. The first-order chi connectivity index (χ1) is 7.71. The highest BCUT2D eigenvalue weighted by Gasteiger charge is 2.09. The Bertz CT molecular complexity index is 326. The van der Waals surface area contributed by atoms with E-state index in [0.29, 0.717) is 6.42 Å². The number of rotatable bonds is 6. The number of aliphatic hydroxyl groups excluding tert-OH is 1. The van der Waals surface area contributed by atoms with Crippen LogP contribution in [0.2, 0.25) is 0 Å². The smallest absolute Gasteiger partial charge is 0.165 e. The number of aliphatic hydroxyl groups is 1. The van der Waals surface area contributed by atoms with Crippen LogP contribution < -0.4 is 4.74 Å². The minimum Gasteiger partial charge on any atom is -0.494 e. The van der Waals surface area contributed by atoms with Gasteiger partial charge in [0.25, 0.3) is 0 Å². The minimum atomic E-state index is -0.340. The van der Waals surface area contributed by atoms with E-state index >= 15 is 0 Å². The molecule has 1 unspecified atom stereocenters. The summed E-state index contributed by atoms with van der Waals surface area (Å²) in [6.07, 6.45) is 2.71. The van der Waals surface area contributed by atoms with E-state index in [-0.39, 0.29) is 24.1 Å². The lowest BCUT2D eigenvalue weighted by molar-refractivity contribution is 0.217. The van der Waals surface area contributed by atoms with E-state index in [1.165, 1.54) is 13.2 Å². The topological polar surface area (TPSA) is 29.5 Å². The molecular weight excluding hydrogens is 207 g/mol. The molecule has 0 aliphatic heterocycles. The van der Waals surface area contributed by atoms with Crippen molar-refractivity contribution < 1.29 is 14.2 Å². The van der Waals surface area contributed by atoms with Crippen molar-refractivity contribution in [2.24, 2.45) is 5.92 Å². The molecule has 2 nitrogen and oxygen atoms in total. The van der Waals surface area contributed by atoms with Crippen molar-refractivity contribution in [1.29, 1.82) is 0 Å². The summed E-state index contributed by atoms with van der Waals surface area (Å²) in [5, 5.41) is 9.17. The quantitative estimate of drug-likeness (QED) is 0.808. The Kier molecular flexibility index (Phi) is 5.26. The fourth-order valence-corrected chi connectivity index (χ4v) is 1.84.